The van der Waals surface area contributed by atoms with Crippen molar-refractivity contribution in [1.29, 1.82) is 0 Å². The molecule has 0 heterocycles. The van der Waals surface area contributed by atoms with Crippen molar-refractivity contribution in [2.45, 2.75) is 6.61 Å². The number of rotatable bonds is 9. The van der Waals surface area contributed by atoms with Crippen LogP contribution in [0.3, 0.4) is 0 Å². The molecule has 3 aromatic carbocycles. The van der Waals surface area contributed by atoms with E-state index in [1.807, 2.05) is 12.1 Å². The highest BCUT2D eigenvalue weighted by Gasteiger charge is 2.08. The number of carbonyl (C=O) groups is 2. The Morgan fingerprint density at radius 2 is 1.76 bits per heavy atom. The fraction of sp³-hybridized carbons (Fsp3) is 0.125. The maximum absolute atomic E-state index is 12.9. The molecule has 0 saturated carbocycles. The lowest BCUT2D eigenvalue weighted by atomic mass is 10.2. The minimum atomic E-state index is -0.517. The smallest absolute Gasteiger partial charge is 0.259 e. The van der Waals surface area contributed by atoms with Gasteiger partial charge >= 0.3 is 0 Å². The van der Waals surface area contributed by atoms with Gasteiger partial charge in [-0.1, -0.05) is 23.7 Å². The first-order valence-electron chi connectivity index (χ1n) is 9.85. The maximum atomic E-state index is 12.9. The van der Waals surface area contributed by atoms with Crippen molar-refractivity contribution >= 4 is 29.6 Å². The van der Waals surface area contributed by atoms with Gasteiger partial charge in [-0.05, 0) is 65.7 Å². The van der Waals surface area contributed by atoms with E-state index in [0.717, 1.165) is 5.56 Å². The summed E-state index contributed by atoms with van der Waals surface area (Å²) in [6.07, 6.45) is 1.44. The molecule has 0 aliphatic carbocycles. The minimum absolute atomic E-state index is 0.248. The van der Waals surface area contributed by atoms with Gasteiger partial charge in [-0.3, -0.25) is 9.59 Å². The van der Waals surface area contributed by atoms with Crippen molar-refractivity contribution in [3.63, 3.8) is 0 Å². The van der Waals surface area contributed by atoms with Crippen LogP contribution in [0.5, 0.6) is 11.5 Å². The molecule has 170 valence electrons. The van der Waals surface area contributed by atoms with E-state index in [1.54, 1.807) is 30.3 Å². The van der Waals surface area contributed by atoms with E-state index in [-0.39, 0.29) is 12.1 Å². The zero-order chi connectivity index (χ0) is 23.6. The average Bonchev–Trinajstić information content (AvgIpc) is 2.83. The van der Waals surface area contributed by atoms with Crippen molar-refractivity contribution in [2.75, 3.05) is 13.7 Å². The van der Waals surface area contributed by atoms with Crippen molar-refractivity contribution in [3.8, 4) is 11.5 Å². The first-order chi connectivity index (χ1) is 15.9. The van der Waals surface area contributed by atoms with Crippen molar-refractivity contribution in [1.82, 2.24) is 10.7 Å². The summed E-state index contributed by atoms with van der Waals surface area (Å²) < 4.78 is 24.1. The number of hydrogen-bond acceptors (Lipinski definition) is 5. The van der Waals surface area contributed by atoms with Crippen molar-refractivity contribution < 1.29 is 23.5 Å². The number of benzene rings is 3. The fourth-order valence-corrected chi connectivity index (χ4v) is 2.83. The molecule has 0 bridgehead atoms. The van der Waals surface area contributed by atoms with Crippen LogP contribution in [0.2, 0.25) is 5.02 Å². The molecule has 0 atom stereocenters. The van der Waals surface area contributed by atoms with Gasteiger partial charge in [-0.2, -0.15) is 5.10 Å². The largest absolute Gasteiger partial charge is 0.493 e. The average molecular weight is 470 g/mol. The van der Waals surface area contributed by atoms with Crippen LogP contribution in [0.4, 0.5) is 4.39 Å². The van der Waals surface area contributed by atoms with E-state index < -0.39 is 17.6 Å². The summed E-state index contributed by atoms with van der Waals surface area (Å²) in [6, 6.07) is 17.5. The van der Waals surface area contributed by atoms with E-state index in [0.29, 0.717) is 28.7 Å². The van der Waals surface area contributed by atoms with Gasteiger partial charge in [-0.25, -0.2) is 9.82 Å². The number of carbonyl (C=O) groups excluding carboxylic acids is 2. The van der Waals surface area contributed by atoms with Gasteiger partial charge in [-0.15, -0.1) is 0 Å². The van der Waals surface area contributed by atoms with Crippen molar-refractivity contribution in [3.05, 3.63) is 94.3 Å². The zero-order valence-corrected chi connectivity index (χ0v) is 18.4. The molecule has 0 unspecified atom stereocenters. The Bertz CT molecular complexity index is 1140. The summed E-state index contributed by atoms with van der Waals surface area (Å²) in [6.45, 7) is 0.0645. The van der Waals surface area contributed by atoms with E-state index in [4.69, 9.17) is 21.1 Å². The van der Waals surface area contributed by atoms with Gasteiger partial charge in [0.05, 0.1) is 19.9 Å². The second-order valence-corrected chi connectivity index (χ2v) is 7.24. The maximum Gasteiger partial charge on any atom is 0.259 e. The molecule has 7 nitrogen and oxygen atoms in total. The van der Waals surface area contributed by atoms with E-state index in [2.05, 4.69) is 15.8 Å². The topological polar surface area (TPSA) is 89.0 Å². The number of nitrogens with zero attached hydrogens (tertiary/aromatic N) is 1. The highest BCUT2D eigenvalue weighted by molar-refractivity contribution is 6.30. The Balaban J connectivity index is 1.49. The van der Waals surface area contributed by atoms with Crippen molar-refractivity contribution in [2.24, 2.45) is 5.10 Å². The fourth-order valence-electron chi connectivity index (χ4n) is 2.71. The molecule has 33 heavy (non-hydrogen) atoms. The molecule has 0 spiro atoms. The Hall–Kier alpha value is -3.91. The third-order valence-electron chi connectivity index (χ3n) is 4.41. The molecular weight excluding hydrogens is 449 g/mol. The van der Waals surface area contributed by atoms with E-state index in [1.165, 1.54) is 37.6 Å². The molecule has 0 aliphatic heterocycles. The standard InChI is InChI=1S/C24H21ClFN3O4/c1-32-22-12-17(4-11-21(22)33-15-16-2-7-19(25)8-3-16)13-28-29-23(30)14-27-24(31)18-5-9-20(26)10-6-18/h2-13H,14-15H2,1H3,(H,27,31)(H,29,30). The van der Waals surface area contributed by atoms with Crippen LogP contribution < -0.4 is 20.2 Å². The summed E-state index contributed by atoms with van der Waals surface area (Å²) in [7, 11) is 1.52. The monoisotopic (exact) mass is 469 g/mol. The molecular formula is C24H21ClFN3O4. The second kappa shape index (κ2) is 11.6. The molecule has 0 saturated heterocycles. The molecule has 2 N–H and O–H groups in total. The quantitative estimate of drug-likeness (QED) is 0.367. The number of nitrogens with one attached hydrogen (secondary N) is 2. The first kappa shape index (κ1) is 23.7. The number of halogens is 2. The molecule has 0 aromatic heterocycles. The third-order valence-corrected chi connectivity index (χ3v) is 4.67. The first-order valence-corrected chi connectivity index (χ1v) is 10.2. The number of methoxy groups -OCH3 is 1. The third kappa shape index (κ3) is 7.33. The number of ether oxygens (including phenoxy) is 2. The predicted octanol–water partition coefficient (Wildman–Crippen LogP) is 3.95. The van der Waals surface area contributed by atoms with Crippen LogP contribution in [-0.4, -0.2) is 31.7 Å². The molecule has 3 rings (SSSR count). The van der Waals surface area contributed by atoms with Crippen LogP contribution >= 0.6 is 11.6 Å². The summed E-state index contributed by atoms with van der Waals surface area (Å²) in [4.78, 5) is 23.8. The normalized spacial score (nSPS) is 10.6. The van der Waals surface area contributed by atoms with E-state index in [9.17, 15) is 14.0 Å². The lowest BCUT2D eigenvalue weighted by Gasteiger charge is -2.11. The van der Waals surface area contributed by atoms with Gasteiger partial charge < -0.3 is 14.8 Å². The Labute approximate surface area is 195 Å². The predicted molar refractivity (Wildman–Crippen MR) is 123 cm³/mol. The Kier molecular flexibility index (Phi) is 8.37. The lowest BCUT2D eigenvalue weighted by molar-refractivity contribution is -0.120. The van der Waals surface area contributed by atoms with Gasteiger partial charge in [0.2, 0.25) is 0 Å². The van der Waals surface area contributed by atoms with Gasteiger partial charge in [0.1, 0.15) is 12.4 Å². The molecule has 9 heteroatoms. The van der Waals surface area contributed by atoms with Gasteiger partial charge in [0, 0.05) is 10.6 Å². The summed E-state index contributed by atoms with van der Waals surface area (Å²) in [5.41, 5.74) is 4.20. The number of amides is 2. The van der Waals surface area contributed by atoms with Crippen LogP contribution in [-0.2, 0) is 11.4 Å². The highest BCUT2D eigenvalue weighted by Crippen LogP contribution is 2.28. The molecule has 2 amide bonds. The molecule has 0 fully saturated rings. The number of hydrogen-bond donors (Lipinski definition) is 2. The van der Waals surface area contributed by atoms with Crippen LogP contribution in [0.1, 0.15) is 21.5 Å². The molecule has 0 radical (unpaired) electrons. The van der Waals surface area contributed by atoms with Crippen LogP contribution in [0.15, 0.2) is 71.8 Å². The molecule has 3 aromatic rings. The van der Waals surface area contributed by atoms with Gasteiger partial charge in [0.15, 0.2) is 11.5 Å². The van der Waals surface area contributed by atoms with Crippen LogP contribution in [0, 0.1) is 5.82 Å². The Morgan fingerprint density at radius 3 is 2.45 bits per heavy atom. The number of hydrazone groups is 1. The highest BCUT2D eigenvalue weighted by atomic mass is 35.5. The summed E-state index contributed by atoms with van der Waals surface area (Å²) >= 11 is 5.89. The minimum Gasteiger partial charge on any atom is -0.493 e. The summed E-state index contributed by atoms with van der Waals surface area (Å²) in [5, 5.41) is 6.96. The van der Waals surface area contributed by atoms with Gasteiger partial charge in [0.25, 0.3) is 11.8 Å². The second-order valence-electron chi connectivity index (χ2n) is 6.81. The Morgan fingerprint density at radius 1 is 1.03 bits per heavy atom. The summed E-state index contributed by atoms with van der Waals surface area (Å²) in [5.74, 6) is -0.399. The molecule has 0 aliphatic rings. The zero-order valence-electron chi connectivity index (χ0n) is 17.7. The lowest BCUT2D eigenvalue weighted by Crippen LogP contribution is -2.34. The van der Waals surface area contributed by atoms with Crippen LogP contribution in [0.25, 0.3) is 0 Å². The van der Waals surface area contributed by atoms with E-state index >= 15 is 0 Å². The SMILES string of the molecule is COc1cc(C=NNC(=O)CNC(=O)c2ccc(F)cc2)ccc1OCc1ccc(Cl)cc1.